The Morgan fingerprint density at radius 3 is 2.67 bits per heavy atom. The molecule has 4 heterocycles. The van der Waals surface area contributed by atoms with Crippen LogP contribution in [0, 0.1) is 0 Å². The van der Waals surface area contributed by atoms with E-state index in [2.05, 4.69) is 15.0 Å². The predicted octanol–water partition coefficient (Wildman–Crippen LogP) is 4.76. The number of nitrogens with two attached hydrogens (primary N) is 1. The van der Waals surface area contributed by atoms with Gasteiger partial charge in [-0.1, -0.05) is 11.6 Å². The number of nitrogens with zero attached hydrogens (tertiary/aromatic N) is 3. The van der Waals surface area contributed by atoms with Gasteiger partial charge in [0.15, 0.2) is 5.76 Å². The second-order valence-corrected chi connectivity index (χ2v) is 6.29. The Morgan fingerprint density at radius 1 is 1.00 bits per heavy atom. The van der Waals surface area contributed by atoms with Crippen LogP contribution in [0.25, 0.3) is 34.2 Å². The van der Waals surface area contributed by atoms with Crippen LogP contribution in [0.3, 0.4) is 0 Å². The van der Waals surface area contributed by atoms with E-state index in [9.17, 15) is 0 Å². The van der Waals surface area contributed by atoms with Gasteiger partial charge in [-0.2, -0.15) is 11.3 Å². The molecule has 7 heteroatoms. The molecular formula is C17H11ClN4OS. The zero-order chi connectivity index (χ0) is 16.5. The Labute approximate surface area is 146 Å². The predicted molar refractivity (Wildman–Crippen MR) is 95.7 cm³/mol. The Morgan fingerprint density at radius 2 is 1.92 bits per heavy atom. The second kappa shape index (κ2) is 6.07. The average Bonchev–Trinajstić information content (AvgIpc) is 3.26. The molecule has 0 aromatic carbocycles. The number of oxazole rings is 1. The molecule has 0 saturated carbocycles. The van der Waals surface area contributed by atoms with E-state index in [0.29, 0.717) is 28.2 Å². The molecule has 0 radical (unpaired) electrons. The third-order valence-electron chi connectivity index (χ3n) is 3.39. The summed E-state index contributed by atoms with van der Waals surface area (Å²) in [4.78, 5) is 12.9. The van der Waals surface area contributed by atoms with Crippen LogP contribution in [0.4, 0.5) is 5.82 Å². The monoisotopic (exact) mass is 354 g/mol. The highest BCUT2D eigenvalue weighted by atomic mass is 35.5. The molecular weight excluding hydrogens is 344 g/mol. The van der Waals surface area contributed by atoms with Crippen LogP contribution in [0.2, 0.25) is 5.02 Å². The minimum Gasteiger partial charge on any atom is -0.434 e. The van der Waals surface area contributed by atoms with Crippen molar-refractivity contribution < 1.29 is 4.42 Å². The molecule has 24 heavy (non-hydrogen) atoms. The van der Waals surface area contributed by atoms with Crippen LogP contribution >= 0.6 is 22.9 Å². The van der Waals surface area contributed by atoms with Gasteiger partial charge in [0.1, 0.15) is 11.5 Å². The van der Waals surface area contributed by atoms with E-state index >= 15 is 0 Å². The molecule has 0 unspecified atom stereocenters. The van der Waals surface area contributed by atoms with E-state index in [4.69, 9.17) is 21.8 Å². The Kier molecular flexibility index (Phi) is 3.76. The SMILES string of the molecule is Nc1cc(-c2ccc(Cl)cn2)cc(-c2cnc(-c3ccsc3)o2)n1. The van der Waals surface area contributed by atoms with Crippen molar-refractivity contribution in [3.8, 4) is 34.2 Å². The summed E-state index contributed by atoms with van der Waals surface area (Å²) in [6.45, 7) is 0. The first-order valence-electron chi connectivity index (χ1n) is 7.07. The first kappa shape index (κ1) is 14.9. The summed E-state index contributed by atoms with van der Waals surface area (Å²) in [7, 11) is 0. The number of anilines is 1. The van der Waals surface area contributed by atoms with Crippen molar-refractivity contribution in [2.75, 3.05) is 5.73 Å². The molecule has 4 aromatic heterocycles. The Hall–Kier alpha value is -2.70. The van der Waals surface area contributed by atoms with Crippen LogP contribution in [0.1, 0.15) is 0 Å². The van der Waals surface area contributed by atoms with E-state index < -0.39 is 0 Å². The standard InChI is InChI=1S/C17H11ClN4OS/c18-12-1-2-13(20-7-12)11-5-14(22-16(19)6-11)15-8-21-17(23-15)10-3-4-24-9-10/h1-9H,(H2,19,22). The quantitative estimate of drug-likeness (QED) is 0.573. The van der Waals surface area contributed by atoms with E-state index in [0.717, 1.165) is 16.8 Å². The molecule has 5 nitrogen and oxygen atoms in total. The van der Waals surface area contributed by atoms with E-state index in [1.807, 2.05) is 29.0 Å². The number of halogens is 1. The number of rotatable bonds is 3. The number of thiophene rings is 1. The van der Waals surface area contributed by atoms with Gasteiger partial charge >= 0.3 is 0 Å². The second-order valence-electron chi connectivity index (χ2n) is 5.07. The zero-order valence-electron chi connectivity index (χ0n) is 12.3. The highest BCUT2D eigenvalue weighted by Crippen LogP contribution is 2.29. The topological polar surface area (TPSA) is 77.8 Å². The maximum absolute atomic E-state index is 5.94. The molecule has 0 amide bonds. The number of aromatic nitrogens is 3. The molecule has 2 N–H and O–H groups in total. The van der Waals surface area contributed by atoms with Gasteiger partial charge in [0.2, 0.25) is 5.89 Å². The number of hydrogen-bond donors (Lipinski definition) is 1. The fourth-order valence-electron chi connectivity index (χ4n) is 2.28. The molecule has 0 spiro atoms. The lowest BCUT2D eigenvalue weighted by atomic mass is 10.1. The van der Waals surface area contributed by atoms with Crippen molar-refractivity contribution in [1.82, 2.24) is 15.0 Å². The minimum atomic E-state index is 0.382. The highest BCUT2D eigenvalue weighted by Gasteiger charge is 2.12. The molecule has 0 atom stereocenters. The zero-order valence-corrected chi connectivity index (χ0v) is 13.9. The molecule has 0 saturated heterocycles. The number of pyridine rings is 2. The summed E-state index contributed by atoms with van der Waals surface area (Å²) in [5.74, 6) is 1.49. The summed E-state index contributed by atoms with van der Waals surface area (Å²) in [6.07, 6.45) is 3.24. The summed E-state index contributed by atoms with van der Waals surface area (Å²) in [6, 6.07) is 9.19. The average molecular weight is 355 g/mol. The maximum Gasteiger partial charge on any atom is 0.227 e. The van der Waals surface area contributed by atoms with Gasteiger partial charge in [0, 0.05) is 22.7 Å². The van der Waals surface area contributed by atoms with Crippen LogP contribution in [-0.4, -0.2) is 15.0 Å². The summed E-state index contributed by atoms with van der Waals surface area (Å²) >= 11 is 7.48. The summed E-state index contributed by atoms with van der Waals surface area (Å²) in [5, 5.41) is 4.53. The fourth-order valence-corrected chi connectivity index (χ4v) is 3.03. The number of nitrogen functional groups attached to an aromatic ring is 1. The highest BCUT2D eigenvalue weighted by molar-refractivity contribution is 7.08. The van der Waals surface area contributed by atoms with Gasteiger partial charge in [-0.3, -0.25) is 4.98 Å². The van der Waals surface area contributed by atoms with Gasteiger partial charge in [-0.15, -0.1) is 0 Å². The number of hydrogen-bond acceptors (Lipinski definition) is 6. The largest absolute Gasteiger partial charge is 0.434 e. The van der Waals surface area contributed by atoms with E-state index in [-0.39, 0.29) is 0 Å². The molecule has 118 valence electrons. The van der Waals surface area contributed by atoms with Crippen LogP contribution < -0.4 is 5.73 Å². The normalized spacial score (nSPS) is 10.9. The van der Waals surface area contributed by atoms with Gasteiger partial charge in [0.25, 0.3) is 0 Å². The molecule has 0 bridgehead atoms. The fraction of sp³-hybridized carbons (Fsp3) is 0. The van der Waals surface area contributed by atoms with Crippen LogP contribution in [0.5, 0.6) is 0 Å². The molecule has 0 aliphatic carbocycles. The molecule has 4 rings (SSSR count). The first-order chi connectivity index (χ1) is 11.7. The van der Waals surface area contributed by atoms with Crippen LogP contribution in [-0.2, 0) is 0 Å². The lowest BCUT2D eigenvalue weighted by Gasteiger charge is -2.05. The van der Waals surface area contributed by atoms with Crippen molar-refractivity contribution >= 4 is 28.8 Å². The smallest absolute Gasteiger partial charge is 0.227 e. The molecule has 0 aliphatic heterocycles. The lowest BCUT2D eigenvalue weighted by Crippen LogP contribution is -1.94. The van der Waals surface area contributed by atoms with Gasteiger partial charge in [-0.25, -0.2) is 9.97 Å². The van der Waals surface area contributed by atoms with Crippen molar-refractivity contribution in [2.24, 2.45) is 0 Å². The maximum atomic E-state index is 5.94. The van der Waals surface area contributed by atoms with Crippen LogP contribution in [0.15, 0.2) is 57.9 Å². The van der Waals surface area contributed by atoms with Crippen molar-refractivity contribution in [2.45, 2.75) is 0 Å². The van der Waals surface area contributed by atoms with Gasteiger partial charge < -0.3 is 10.2 Å². The van der Waals surface area contributed by atoms with E-state index in [1.165, 1.54) is 0 Å². The van der Waals surface area contributed by atoms with Gasteiger partial charge in [-0.05, 0) is 35.7 Å². The van der Waals surface area contributed by atoms with E-state index in [1.54, 1.807) is 35.9 Å². The third-order valence-corrected chi connectivity index (χ3v) is 4.30. The van der Waals surface area contributed by atoms with Crippen molar-refractivity contribution in [1.29, 1.82) is 0 Å². The third kappa shape index (κ3) is 2.89. The Balaban J connectivity index is 1.75. The lowest BCUT2D eigenvalue weighted by molar-refractivity contribution is 0.587. The first-order valence-corrected chi connectivity index (χ1v) is 8.39. The Bertz CT molecular complexity index is 980. The molecule has 4 aromatic rings. The van der Waals surface area contributed by atoms with Crippen molar-refractivity contribution in [3.63, 3.8) is 0 Å². The molecule has 0 fully saturated rings. The van der Waals surface area contributed by atoms with Gasteiger partial charge in [0.05, 0.1) is 16.9 Å². The molecule has 0 aliphatic rings. The summed E-state index contributed by atoms with van der Waals surface area (Å²) in [5.41, 5.74) is 9.08. The summed E-state index contributed by atoms with van der Waals surface area (Å²) < 4.78 is 5.82. The minimum absolute atomic E-state index is 0.382. The van der Waals surface area contributed by atoms with Crippen molar-refractivity contribution in [3.05, 3.63) is 58.5 Å².